The number of benzene rings is 1. The van der Waals surface area contributed by atoms with Crippen LogP contribution in [0.5, 0.6) is 11.5 Å². The maximum absolute atomic E-state index is 13.1. The Bertz CT molecular complexity index is 1020. The smallest absolute Gasteiger partial charge is 0.340 e. The van der Waals surface area contributed by atoms with E-state index in [1.807, 2.05) is 0 Å². The van der Waals surface area contributed by atoms with Gasteiger partial charge in [0.1, 0.15) is 12.4 Å². The summed E-state index contributed by atoms with van der Waals surface area (Å²) in [6.45, 7) is 5.89. The molecule has 30 heavy (non-hydrogen) atoms. The highest BCUT2D eigenvalue weighted by Gasteiger charge is 2.37. The lowest BCUT2D eigenvalue weighted by Gasteiger charge is -2.16. The van der Waals surface area contributed by atoms with Gasteiger partial charge < -0.3 is 23.5 Å². The maximum atomic E-state index is 13.1. The van der Waals surface area contributed by atoms with Crippen molar-refractivity contribution in [2.75, 3.05) is 20.8 Å². The Morgan fingerprint density at radius 3 is 2.67 bits per heavy atom. The van der Waals surface area contributed by atoms with E-state index in [9.17, 15) is 9.59 Å². The van der Waals surface area contributed by atoms with Gasteiger partial charge in [0.05, 0.1) is 38.2 Å². The number of rotatable bonds is 8. The van der Waals surface area contributed by atoms with E-state index in [1.54, 1.807) is 49.4 Å². The van der Waals surface area contributed by atoms with E-state index in [4.69, 9.17) is 18.6 Å². The Balaban J connectivity index is 2.00. The Hall–Kier alpha value is -3.74. The second-order valence-corrected chi connectivity index (χ2v) is 6.49. The first-order valence-electron chi connectivity index (χ1n) is 9.27. The van der Waals surface area contributed by atoms with E-state index in [0.29, 0.717) is 35.1 Å². The molecule has 1 aromatic heterocycles. The van der Waals surface area contributed by atoms with Crippen LogP contribution >= 0.6 is 0 Å². The van der Waals surface area contributed by atoms with E-state index in [2.05, 4.69) is 6.58 Å². The van der Waals surface area contributed by atoms with Gasteiger partial charge in [-0.15, -0.1) is 0 Å². The van der Waals surface area contributed by atoms with Gasteiger partial charge in [0.15, 0.2) is 11.5 Å². The number of methoxy groups -OCH3 is 2. The van der Waals surface area contributed by atoms with Gasteiger partial charge in [-0.1, -0.05) is 18.7 Å². The molecule has 7 heteroatoms. The fraction of sp³-hybridized carbons (Fsp3) is 0.217. The fourth-order valence-corrected chi connectivity index (χ4v) is 3.19. The lowest BCUT2D eigenvalue weighted by Crippen LogP contribution is -2.24. The largest absolute Gasteiger partial charge is 0.493 e. The first-order chi connectivity index (χ1) is 14.5. The molecule has 3 rings (SSSR count). The summed E-state index contributed by atoms with van der Waals surface area (Å²) in [5.74, 6) is 0.779. The minimum Gasteiger partial charge on any atom is -0.493 e. The van der Waals surface area contributed by atoms with E-state index in [-0.39, 0.29) is 23.6 Å². The van der Waals surface area contributed by atoms with Crippen molar-refractivity contribution in [3.63, 3.8) is 0 Å². The summed E-state index contributed by atoms with van der Waals surface area (Å²) >= 11 is 0. The van der Waals surface area contributed by atoms with Crippen LogP contribution in [-0.2, 0) is 20.9 Å². The summed E-state index contributed by atoms with van der Waals surface area (Å²) in [6.07, 6.45) is 4.81. The summed E-state index contributed by atoms with van der Waals surface area (Å²) in [7, 11) is 2.82. The topological polar surface area (TPSA) is 78.2 Å². The zero-order chi connectivity index (χ0) is 21.7. The van der Waals surface area contributed by atoms with Crippen molar-refractivity contribution in [1.29, 1.82) is 0 Å². The normalized spacial score (nSPS) is 15.0. The standard InChI is InChI=1S/C23H23NO6/c1-5-10-30-19-9-8-16(13-20(19)27-3)12-18-21(23(26)28-4)15(2)24(22(18)25)14-17-7-6-11-29-17/h5-9,11-13H,1,10,14H2,2-4H3. The number of carbonyl (C=O) groups excluding carboxylic acids is 2. The van der Waals surface area contributed by atoms with Crippen molar-refractivity contribution in [1.82, 2.24) is 4.90 Å². The van der Waals surface area contributed by atoms with Gasteiger partial charge in [0, 0.05) is 5.70 Å². The third-order valence-electron chi connectivity index (χ3n) is 4.65. The Kier molecular flexibility index (Phi) is 6.41. The third-order valence-corrected chi connectivity index (χ3v) is 4.65. The second-order valence-electron chi connectivity index (χ2n) is 6.49. The van der Waals surface area contributed by atoms with Gasteiger partial charge in [0.25, 0.3) is 5.91 Å². The van der Waals surface area contributed by atoms with Gasteiger partial charge in [-0.2, -0.15) is 0 Å². The Morgan fingerprint density at radius 2 is 2.03 bits per heavy atom. The van der Waals surface area contributed by atoms with Gasteiger partial charge in [-0.05, 0) is 42.8 Å². The van der Waals surface area contributed by atoms with Crippen LogP contribution in [0.2, 0.25) is 0 Å². The van der Waals surface area contributed by atoms with Crippen molar-refractivity contribution in [3.05, 3.63) is 77.4 Å². The molecular formula is C23H23NO6. The number of esters is 1. The molecule has 0 unspecified atom stereocenters. The molecular weight excluding hydrogens is 386 g/mol. The number of hydrogen-bond acceptors (Lipinski definition) is 6. The summed E-state index contributed by atoms with van der Waals surface area (Å²) in [5, 5.41) is 0. The highest BCUT2D eigenvalue weighted by atomic mass is 16.5. The molecule has 0 radical (unpaired) electrons. The molecule has 1 aliphatic heterocycles. The zero-order valence-corrected chi connectivity index (χ0v) is 17.1. The first-order valence-corrected chi connectivity index (χ1v) is 9.27. The van der Waals surface area contributed by atoms with Crippen molar-refractivity contribution in [2.24, 2.45) is 0 Å². The van der Waals surface area contributed by atoms with Crippen molar-refractivity contribution in [2.45, 2.75) is 13.5 Å². The predicted octanol–water partition coefficient (Wildman–Crippen LogP) is 3.73. The predicted molar refractivity (Wildman–Crippen MR) is 111 cm³/mol. The van der Waals surface area contributed by atoms with Crippen LogP contribution in [0.3, 0.4) is 0 Å². The number of ether oxygens (including phenoxy) is 3. The van der Waals surface area contributed by atoms with Crippen LogP contribution in [0.1, 0.15) is 18.2 Å². The van der Waals surface area contributed by atoms with Gasteiger partial charge in [-0.25, -0.2) is 4.79 Å². The molecule has 2 aromatic rings. The Labute approximate surface area is 174 Å². The number of furan rings is 1. The van der Waals surface area contributed by atoms with E-state index in [0.717, 1.165) is 0 Å². The van der Waals surface area contributed by atoms with Crippen LogP contribution in [-0.4, -0.2) is 37.6 Å². The second kappa shape index (κ2) is 9.17. The number of allylic oxidation sites excluding steroid dienone is 1. The van der Waals surface area contributed by atoms with Crippen molar-refractivity contribution < 1.29 is 28.2 Å². The molecule has 0 aliphatic carbocycles. The third kappa shape index (κ3) is 4.15. The summed E-state index contributed by atoms with van der Waals surface area (Å²) in [6, 6.07) is 8.77. The maximum Gasteiger partial charge on any atom is 0.340 e. The van der Waals surface area contributed by atoms with E-state index in [1.165, 1.54) is 25.4 Å². The van der Waals surface area contributed by atoms with Crippen LogP contribution in [0.4, 0.5) is 0 Å². The van der Waals surface area contributed by atoms with Gasteiger partial charge in [0.2, 0.25) is 0 Å². The zero-order valence-electron chi connectivity index (χ0n) is 17.1. The number of nitrogens with zero attached hydrogens (tertiary/aromatic N) is 1. The SMILES string of the molecule is C=CCOc1ccc(C=C2C(=O)N(Cc3ccco3)C(C)=C2C(=O)OC)cc1OC. The van der Waals surface area contributed by atoms with E-state index >= 15 is 0 Å². The highest BCUT2D eigenvalue weighted by Crippen LogP contribution is 2.34. The fourth-order valence-electron chi connectivity index (χ4n) is 3.19. The average molecular weight is 409 g/mol. The molecule has 0 spiro atoms. The molecule has 1 amide bonds. The molecule has 0 bridgehead atoms. The lowest BCUT2D eigenvalue weighted by atomic mass is 10.0. The molecule has 0 atom stereocenters. The molecule has 2 heterocycles. The number of amides is 1. The average Bonchev–Trinajstić information content (AvgIpc) is 3.35. The molecule has 1 aromatic carbocycles. The van der Waals surface area contributed by atoms with Crippen LogP contribution < -0.4 is 9.47 Å². The molecule has 0 saturated heterocycles. The summed E-state index contributed by atoms with van der Waals surface area (Å²) in [4.78, 5) is 27.1. The molecule has 156 valence electrons. The van der Waals surface area contributed by atoms with Gasteiger partial charge in [-0.3, -0.25) is 4.79 Å². The summed E-state index contributed by atoms with van der Waals surface area (Å²) < 4.78 is 21.2. The highest BCUT2D eigenvalue weighted by molar-refractivity contribution is 6.16. The van der Waals surface area contributed by atoms with Crippen molar-refractivity contribution in [3.8, 4) is 11.5 Å². The van der Waals surface area contributed by atoms with Crippen LogP contribution in [0.25, 0.3) is 6.08 Å². The minimum atomic E-state index is -0.577. The Morgan fingerprint density at radius 1 is 1.23 bits per heavy atom. The number of hydrogen-bond donors (Lipinski definition) is 0. The molecule has 0 saturated carbocycles. The minimum absolute atomic E-state index is 0.215. The lowest BCUT2D eigenvalue weighted by molar-refractivity contribution is -0.136. The number of carbonyl (C=O) groups is 2. The summed E-state index contributed by atoms with van der Waals surface area (Å²) in [5.41, 5.74) is 1.65. The molecule has 1 aliphatic rings. The monoisotopic (exact) mass is 409 g/mol. The van der Waals surface area contributed by atoms with E-state index < -0.39 is 5.97 Å². The van der Waals surface area contributed by atoms with Gasteiger partial charge >= 0.3 is 5.97 Å². The van der Waals surface area contributed by atoms with Crippen LogP contribution in [0.15, 0.2) is 70.5 Å². The molecule has 0 N–H and O–H groups in total. The van der Waals surface area contributed by atoms with Crippen LogP contribution in [0, 0.1) is 0 Å². The molecule has 7 nitrogen and oxygen atoms in total. The van der Waals surface area contributed by atoms with Crippen molar-refractivity contribution >= 4 is 18.0 Å². The first kappa shape index (κ1) is 21.0. The quantitative estimate of drug-likeness (QED) is 0.376. The molecule has 0 fully saturated rings.